The van der Waals surface area contributed by atoms with E-state index in [4.69, 9.17) is 21.9 Å². The Hall–Kier alpha value is -5.66. The van der Waals surface area contributed by atoms with Gasteiger partial charge in [-0.2, -0.15) is 0 Å². The molecule has 3 rings (SSSR count). The third-order valence-corrected chi connectivity index (χ3v) is 13.1. The summed E-state index contributed by atoms with van der Waals surface area (Å²) in [6.07, 6.45) is -1.35. The highest BCUT2D eigenvalue weighted by atomic mass is 33.1. The summed E-state index contributed by atoms with van der Waals surface area (Å²) in [5.41, 5.74) is 17.0. The van der Waals surface area contributed by atoms with Crippen molar-refractivity contribution in [3.8, 4) is 5.75 Å². The molecule has 2 aliphatic rings. The number of nitrogens with zero attached hydrogens (tertiary/aromatic N) is 1. The summed E-state index contributed by atoms with van der Waals surface area (Å²) in [7, 11) is 2.27. The second-order valence-electron chi connectivity index (χ2n) is 16.8. The van der Waals surface area contributed by atoms with Crippen molar-refractivity contribution < 1.29 is 57.8 Å². The highest BCUT2D eigenvalue weighted by molar-refractivity contribution is 8.76. The molecule has 2 saturated heterocycles. The molecule has 2 heterocycles. The molecule has 14 N–H and O–H groups in total. The van der Waals surface area contributed by atoms with Crippen LogP contribution in [-0.2, 0) is 54.4 Å². The quantitative estimate of drug-likeness (QED) is 0.0652. The molecule has 0 spiro atoms. The number of carbonyl (C=O) groups is 10. The summed E-state index contributed by atoms with van der Waals surface area (Å²) < 4.78 is 5.53. The Kier molecular flexibility index (Phi) is 23.8. The van der Waals surface area contributed by atoms with Crippen LogP contribution in [0.1, 0.15) is 78.2 Å². The number of ether oxygens (including phenoxy) is 1. The Labute approximate surface area is 403 Å². The number of rotatable bonds is 18. The average Bonchev–Trinajstić information content (AvgIpc) is 3.77. The van der Waals surface area contributed by atoms with Crippen LogP contribution in [0, 0.1) is 5.92 Å². The SMILES string of the molecule is CCOc1ccc(C[C@H]2NC(=O)CCSSC[C@@H](C(=O)N3CCC[C@H]3C(=O)N[C@@H](CCCN)C(=O)NCC(N)=O)NC(=O)[C@H](CC(N)=O)NC(=O)[C@H]([C@@H](C)O)NC(=O)[C@H](CC(C)C)NC2=O)cc1. The number of likely N-dealkylation sites (tertiary alicyclic amines) is 1. The van der Waals surface area contributed by atoms with Gasteiger partial charge in [-0.3, -0.25) is 47.9 Å². The number of benzene rings is 1. The summed E-state index contributed by atoms with van der Waals surface area (Å²) in [6, 6.07) is -2.60. The van der Waals surface area contributed by atoms with Crippen LogP contribution in [0.4, 0.5) is 0 Å². The first-order chi connectivity index (χ1) is 32.2. The van der Waals surface area contributed by atoms with Crippen molar-refractivity contribution in [2.24, 2.45) is 23.1 Å². The molecule has 0 saturated carbocycles. The molecule has 0 unspecified atom stereocenters. The molecule has 23 nitrogen and oxygen atoms in total. The van der Waals surface area contributed by atoms with Crippen LogP contribution in [0.15, 0.2) is 24.3 Å². The molecule has 2 fully saturated rings. The van der Waals surface area contributed by atoms with Crippen LogP contribution in [0.5, 0.6) is 5.75 Å². The fourth-order valence-electron chi connectivity index (χ4n) is 7.32. The summed E-state index contributed by atoms with van der Waals surface area (Å²) in [5.74, 6) is -7.71. The fourth-order valence-corrected chi connectivity index (χ4v) is 9.47. The number of nitrogens with one attached hydrogen (secondary N) is 7. The Bertz CT molecular complexity index is 1940. The van der Waals surface area contributed by atoms with Gasteiger partial charge < -0.3 is 69.2 Å². The summed E-state index contributed by atoms with van der Waals surface area (Å²) in [4.78, 5) is 135. The van der Waals surface area contributed by atoms with Gasteiger partial charge in [0, 0.05) is 30.9 Å². The second-order valence-corrected chi connectivity index (χ2v) is 19.5. The van der Waals surface area contributed by atoms with Gasteiger partial charge >= 0.3 is 0 Å². The third-order valence-electron chi connectivity index (χ3n) is 10.7. The lowest BCUT2D eigenvalue weighted by atomic mass is 10.00. The van der Waals surface area contributed by atoms with E-state index in [1.165, 1.54) is 22.6 Å². The van der Waals surface area contributed by atoms with E-state index in [1.807, 2.05) is 6.92 Å². The number of aliphatic hydroxyl groups excluding tert-OH is 1. The first-order valence-corrected chi connectivity index (χ1v) is 25.0. The molecule has 25 heteroatoms. The van der Waals surface area contributed by atoms with Gasteiger partial charge in [0.25, 0.3) is 0 Å². The van der Waals surface area contributed by atoms with Crippen LogP contribution >= 0.6 is 21.6 Å². The van der Waals surface area contributed by atoms with E-state index < -0.39 is 120 Å². The number of primary amides is 2. The minimum Gasteiger partial charge on any atom is -0.494 e. The molecule has 0 bridgehead atoms. The molecule has 1 aromatic rings. The van der Waals surface area contributed by atoms with E-state index in [2.05, 4.69) is 37.2 Å². The van der Waals surface area contributed by atoms with Gasteiger partial charge in [-0.05, 0) is 76.1 Å². The molecule has 8 atom stereocenters. The van der Waals surface area contributed by atoms with Gasteiger partial charge in [0.15, 0.2) is 0 Å². The zero-order valence-electron chi connectivity index (χ0n) is 38.8. The molecule has 10 amide bonds. The lowest BCUT2D eigenvalue weighted by Gasteiger charge is -2.31. The molecule has 0 aromatic heterocycles. The highest BCUT2D eigenvalue weighted by Crippen LogP contribution is 2.26. The van der Waals surface area contributed by atoms with E-state index in [-0.39, 0.29) is 62.6 Å². The van der Waals surface area contributed by atoms with Crippen molar-refractivity contribution in [1.82, 2.24) is 42.1 Å². The van der Waals surface area contributed by atoms with E-state index >= 15 is 0 Å². The van der Waals surface area contributed by atoms with Crippen molar-refractivity contribution in [2.75, 3.05) is 37.7 Å². The zero-order valence-corrected chi connectivity index (χ0v) is 40.5. The van der Waals surface area contributed by atoms with Crippen molar-refractivity contribution in [3.63, 3.8) is 0 Å². The van der Waals surface area contributed by atoms with Gasteiger partial charge in [-0.1, -0.05) is 47.6 Å². The van der Waals surface area contributed by atoms with Crippen molar-refractivity contribution in [1.29, 1.82) is 0 Å². The Morgan fingerprint density at radius 3 is 2.15 bits per heavy atom. The maximum atomic E-state index is 14.4. The lowest BCUT2D eigenvalue weighted by molar-refractivity contribution is -0.142. The predicted molar refractivity (Wildman–Crippen MR) is 253 cm³/mol. The zero-order chi connectivity index (χ0) is 50.5. The molecule has 0 radical (unpaired) electrons. The summed E-state index contributed by atoms with van der Waals surface area (Å²) >= 11 is 0. The number of hydrogen-bond acceptors (Lipinski definition) is 15. The maximum Gasteiger partial charge on any atom is 0.246 e. The van der Waals surface area contributed by atoms with Gasteiger partial charge in [0.1, 0.15) is 48.0 Å². The number of amides is 10. The van der Waals surface area contributed by atoms with Crippen molar-refractivity contribution in [2.45, 2.75) is 127 Å². The van der Waals surface area contributed by atoms with Crippen LogP contribution in [0.25, 0.3) is 0 Å². The van der Waals surface area contributed by atoms with Crippen LogP contribution in [-0.4, -0.2) is 155 Å². The van der Waals surface area contributed by atoms with Crippen LogP contribution < -0.4 is 59.2 Å². The van der Waals surface area contributed by atoms with E-state index in [0.717, 1.165) is 10.8 Å². The normalized spacial score (nSPS) is 23.4. The Morgan fingerprint density at radius 1 is 0.868 bits per heavy atom. The van der Waals surface area contributed by atoms with E-state index in [0.29, 0.717) is 30.8 Å². The molecule has 68 heavy (non-hydrogen) atoms. The van der Waals surface area contributed by atoms with Gasteiger partial charge in [0.05, 0.1) is 25.7 Å². The Balaban J connectivity index is 1.98. The first kappa shape index (κ1) is 56.7. The Morgan fingerprint density at radius 2 is 1.53 bits per heavy atom. The molecular formula is C43H67N11O12S2. The number of carbonyl (C=O) groups excluding carboxylic acids is 10. The molecular weight excluding hydrogens is 927 g/mol. The molecule has 2 aliphatic heterocycles. The standard InChI is InChI=1S/C43H67N11O12S2/c1-5-66-26-12-10-25(11-13-26)19-29-38(60)50-28(18-23(2)3)40(62)53-36(24(4)55)42(64)51-30(20-33(45)56)39(61)52-31(22-68-67-17-14-35(58)48-29)43(65)54-16-7-9-32(54)41(63)49-27(8-6-15-44)37(59)47-21-34(46)57/h10-13,23-24,27-32,36,55H,5-9,14-22,44H2,1-4H3,(H2,45,56)(H2,46,57)(H,47,59)(H,48,58)(H,49,63)(H,50,60)(H,51,64)(H,52,61)(H,53,62)/t24-,27+,28+,29-,30+,31+,32+,36+/m1/s1. The van der Waals surface area contributed by atoms with Crippen LogP contribution in [0.3, 0.4) is 0 Å². The topological polar surface area (TPSA) is 366 Å². The average molecular weight is 994 g/mol. The molecule has 378 valence electrons. The van der Waals surface area contributed by atoms with Crippen molar-refractivity contribution >= 4 is 80.7 Å². The third kappa shape index (κ3) is 18.8. The second kappa shape index (κ2) is 28.6. The minimum absolute atomic E-state index is 0.0255. The van der Waals surface area contributed by atoms with Gasteiger partial charge in [-0.15, -0.1) is 0 Å². The first-order valence-electron chi connectivity index (χ1n) is 22.5. The number of nitrogens with two attached hydrogens (primary N) is 3. The van der Waals surface area contributed by atoms with Crippen molar-refractivity contribution in [3.05, 3.63) is 29.8 Å². The summed E-state index contributed by atoms with van der Waals surface area (Å²) in [6.45, 7) is 6.85. The highest BCUT2D eigenvalue weighted by Gasteiger charge is 2.41. The molecule has 1 aromatic carbocycles. The largest absolute Gasteiger partial charge is 0.494 e. The van der Waals surface area contributed by atoms with E-state index in [9.17, 15) is 53.1 Å². The summed E-state index contributed by atoms with van der Waals surface area (Å²) in [5, 5.41) is 28.6. The number of aliphatic hydroxyl groups is 1. The predicted octanol–water partition coefficient (Wildman–Crippen LogP) is -3.04. The number of hydrogen-bond donors (Lipinski definition) is 11. The lowest BCUT2D eigenvalue weighted by Crippen LogP contribution is -2.62. The van der Waals surface area contributed by atoms with Gasteiger partial charge in [0.2, 0.25) is 59.1 Å². The minimum atomic E-state index is -1.73. The van der Waals surface area contributed by atoms with Crippen LogP contribution in [0.2, 0.25) is 0 Å². The maximum absolute atomic E-state index is 14.4. The smallest absolute Gasteiger partial charge is 0.246 e. The van der Waals surface area contributed by atoms with Gasteiger partial charge in [-0.25, -0.2) is 0 Å². The monoisotopic (exact) mass is 993 g/mol. The van der Waals surface area contributed by atoms with E-state index in [1.54, 1.807) is 38.1 Å². The fraction of sp³-hybridized carbons (Fsp3) is 0.628. The molecule has 0 aliphatic carbocycles.